The van der Waals surface area contributed by atoms with E-state index in [0.717, 1.165) is 19.3 Å². The van der Waals surface area contributed by atoms with Crippen LogP contribution in [0.5, 0.6) is 0 Å². The Hall–Kier alpha value is -1.39. The number of rotatable bonds is 3. The molecule has 1 saturated carbocycles. The van der Waals surface area contributed by atoms with E-state index in [1.165, 1.54) is 5.56 Å². The number of carbonyl (C=O) groups excluding carboxylic acids is 1. The van der Waals surface area contributed by atoms with Crippen LogP contribution in [0, 0.1) is 5.92 Å². The van der Waals surface area contributed by atoms with Gasteiger partial charge in [0.05, 0.1) is 6.17 Å². The lowest BCUT2D eigenvalue weighted by Gasteiger charge is -2.11. The number of hydrogen-bond acceptors (Lipinski definition) is 3. The van der Waals surface area contributed by atoms with Gasteiger partial charge in [-0.1, -0.05) is 30.3 Å². The second-order valence-electron chi connectivity index (χ2n) is 4.82. The highest BCUT2D eigenvalue weighted by atomic mass is 16.2. The quantitative estimate of drug-likeness (QED) is 0.729. The lowest BCUT2D eigenvalue weighted by molar-refractivity contribution is -0.123. The summed E-state index contributed by atoms with van der Waals surface area (Å²) in [6.45, 7) is 0. The maximum atomic E-state index is 11.6. The van der Waals surface area contributed by atoms with Crippen LogP contribution in [0.2, 0.25) is 0 Å². The number of hydrazine groups is 1. The number of hydrogen-bond donors (Lipinski definition) is 3. The molecule has 1 aliphatic carbocycles. The Morgan fingerprint density at radius 3 is 2.65 bits per heavy atom. The maximum Gasteiger partial charge on any atom is 0.224 e. The first-order chi connectivity index (χ1) is 8.33. The van der Waals surface area contributed by atoms with Gasteiger partial charge in [0, 0.05) is 18.4 Å². The molecule has 0 radical (unpaired) electrons. The summed E-state index contributed by atoms with van der Waals surface area (Å²) < 4.78 is 0. The minimum Gasteiger partial charge on any atom is -0.339 e. The highest BCUT2D eigenvalue weighted by Gasteiger charge is 2.33. The molecule has 2 atom stereocenters. The van der Waals surface area contributed by atoms with Gasteiger partial charge in [-0.2, -0.15) is 0 Å². The van der Waals surface area contributed by atoms with Gasteiger partial charge in [0.25, 0.3) is 0 Å². The summed E-state index contributed by atoms with van der Waals surface area (Å²) in [5.41, 5.74) is 7.61. The van der Waals surface area contributed by atoms with Gasteiger partial charge in [0.1, 0.15) is 0 Å². The van der Waals surface area contributed by atoms with Crippen molar-refractivity contribution < 1.29 is 4.79 Å². The first-order valence-corrected chi connectivity index (χ1v) is 6.19. The smallest absolute Gasteiger partial charge is 0.224 e. The SMILES string of the molecule is O=C(NC1CC(c2ccccc2)NN1)C1CC1. The van der Waals surface area contributed by atoms with E-state index in [0.29, 0.717) is 0 Å². The highest BCUT2D eigenvalue weighted by molar-refractivity contribution is 5.81. The molecule has 3 rings (SSSR count). The molecule has 1 saturated heterocycles. The Labute approximate surface area is 101 Å². The number of benzene rings is 1. The van der Waals surface area contributed by atoms with Crippen LogP contribution in [-0.2, 0) is 4.79 Å². The Kier molecular flexibility index (Phi) is 2.82. The third-order valence-corrected chi connectivity index (χ3v) is 3.37. The van der Waals surface area contributed by atoms with Crippen LogP contribution in [0.15, 0.2) is 30.3 Å². The Morgan fingerprint density at radius 2 is 1.94 bits per heavy atom. The van der Waals surface area contributed by atoms with Crippen molar-refractivity contribution in [3.05, 3.63) is 35.9 Å². The predicted octanol–water partition coefficient (Wildman–Crippen LogP) is 1.08. The fourth-order valence-corrected chi connectivity index (χ4v) is 2.19. The lowest BCUT2D eigenvalue weighted by Crippen LogP contribution is -2.44. The minimum absolute atomic E-state index is 0.0494. The predicted molar refractivity (Wildman–Crippen MR) is 64.7 cm³/mol. The monoisotopic (exact) mass is 231 g/mol. The second kappa shape index (κ2) is 4.47. The van der Waals surface area contributed by atoms with Gasteiger partial charge in [0.15, 0.2) is 0 Å². The van der Waals surface area contributed by atoms with Crippen LogP contribution in [-0.4, -0.2) is 12.1 Å². The van der Waals surface area contributed by atoms with Crippen LogP contribution in [0.3, 0.4) is 0 Å². The zero-order valence-corrected chi connectivity index (χ0v) is 9.65. The molecule has 2 fully saturated rings. The topological polar surface area (TPSA) is 53.2 Å². The molecule has 1 aromatic carbocycles. The standard InChI is InChI=1S/C13H17N3O/c17-13(10-6-7-10)14-12-8-11(15-16-12)9-4-2-1-3-5-9/h1-5,10-12,15-16H,6-8H2,(H,14,17). The van der Waals surface area contributed by atoms with Crippen molar-refractivity contribution in [3.63, 3.8) is 0 Å². The molecular formula is C13H17N3O. The van der Waals surface area contributed by atoms with Crippen LogP contribution < -0.4 is 16.2 Å². The normalized spacial score (nSPS) is 28.0. The third kappa shape index (κ3) is 2.48. The molecule has 1 aromatic rings. The number of carbonyl (C=O) groups is 1. The molecule has 0 spiro atoms. The van der Waals surface area contributed by atoms with Crippen molar-refractivity contribution in [2.45, 2.75) is 31.5 Å². The second-order valence-corrected chi connectivity index (χ2v) is 4.82. The summed E-state index contributed by atoms with van der Waals surface area (Å²) in [5.74, 6) is 0.464. The maximum absolute atomic E-state index is 11.6. The molecule has 2 aliphatic rings. The van der Waals surface area contributed by atoms with Gasteiger partial charge in [-0.3, -0.25) is 4.79 Å². The fourth-order valence-electron chi connectivity index (χ4n) is 2.19. The summed E-state index contributed by atoms with van der Waals surface area (Å²) >= 11 is 0. The van der Waals surface area contributed by atoms with E-state index in [4.69, 9.17) is 0 Å². The van der Waals surface area contributed by atoms with Gasteiger partial charge >= 0.3 is 0 Å². The molecular weight excluding hydrogens is 214 g/mol. The summed E-state index contributed by atoms with van der Waals surface area (Å²) in [6.07, 6.45) is 3.04. The lowest BCUT2D eigenvalue weighted by atomic mass is 10.0. The zero-order chi connectivity index (χ0) is 11.7. The van der Waals surface area contributed by atoms with E-state index < -0.39 is 0 Å². The van der Waals surface area contributed by atoms with E-state index >= 15 is 0 Å². The van der Waals surface area contributed by atoms with Gasteiger partial charge in [-0.15, -0.1) is 0 Å². The largest absolute Gasteiger partial charge is 0.339 e. The molecule has 4 nitrogen and oxygen atoms in total. The highest BCUT2D eigenvalue weighted by Crippen LogP contribution is 2.29. The third-order valence-electron chi connectivity index (χ3n) is 3.37. The van der Waals surface area contributed by atoms with Crippen LogP contribution in [0.25, 0.3) is 0 Å². The molecule has 1 amide bonds. The number of amides is 1. The van der Waals surface area contributed by atoms with Crippen molar-refractivity contribution in [2.75, 3.05) is 0 Å². The van der Waals surface area contributed by atoms with Crippen LogP contribution in [0.1, 0.15) is 30.9 Å². The van der Waals surface area contributed by atoms with E-state index in [-0.39, 0.29) is 24.0 Å². The van der Waals surface area contributed by atoms with E-state index in [1.54, 1.807) is 0 Å². The van der Waals surface area contributed by atoms with Crippen LogP contribution >= 0.6 is 0 Å². The van der Waals surface area contributed by atoms with E-state index in [2.05, 4.69) is 28.3 Å². The van der Waals surface area contributed by atoms with Crippen molar-refractivity contribution in [1.29, 1.82) is 0 Å². The minimum atomic E-state index is 0.0494. The summed E-state index contributed by atoms with van der Waals surface area (Å²) in [6, 6.07) is 10.6. The molecule has 2 unspecified atom stereocenters. The Bertz CT molecular complexity index is 402. The van der Waals surface area contributed by atoms with Crippen LogP contribution in [0.4, 0.5) is 0 Å². The van der Waals surface area contributed by atoms with E-state index in [1.807, 2.05) is 18.2 Å². The molecule has 4 heteroatoms. The molecule has 1 aliphatic heterocycles. The van der Waals surface area contributed by atoms with Crippen molar-refractivity contribution >= 4 is 5.91 Å². The molecule has 0 bridgehead atoms. The van der Waals surface area contributed by atoms with Crippen molar-refractivity contribution in [1.82, 2.24) is 16.2 Å². The van der Waals surface area contributed by atoms with Gasteiger partial charge < -0.3 is 5.32 Å². The van der Waals surface area contributed by atoms with E-state index in [9.17, 15) is 4.79 Å². The first kappa shape index (κ1) is 10.7. The molecule has 17 heavy (non-hydrogen) atoms. The van der Waals surface area contributed by atoms with Crippen molar-refractivity contribution in [2.24, 2.45) is 5.92 Å². The average Bonchev–Trinajstić information content (AvgIpc) is 3.12. The molecule has 3 N–H and O–H groups in total. The Morgan fingerprint density at radius 1 is 1.18 bits per heavy atom. The van der Waals surface area contributed by atoms with Gasteiger partial charge in [-0.05, 0) is 18.4 Å². The zero-order valence-electron chi connectivity index (χ0n) is 9.65. The molecule has 1 heterocycles. The van der Waals surface area contributed by atoms with Crippen molar-refractivity contribution in [3.8, 4) is 0 Å². The Balaban J connectivity index is 1.56. The summed E-state index contributed by atoms with van der Waals surface area (Å²) in [5, 5.41) is 3.03. The van der Waals surface area contributed by atoms with Gasteiger partial charge in [-0.25, -0.2) is 10.9 Å². The summed E-state index contributed by atoms with van der Waals surface area (Å²) in [7, 11) is 0. The number of nitrogens with one attached hydrogen (secondary N) is 3. The average molecular weight is 231 g/mol. The van der Waals surface area contributed by atoms with Gasteiger partial charge in [0.2, 0.25) is 5.91 Å². The first-order valence-electron chi connectivity index (χ1n) is 6.19. The summed E-state index contributed by atoms with van der Waals surface area (Å²) in [4.78, 5) is 11.6. The molecule has 0 aromatic heterocycles. The molecule has 90 valence electrons. The fraction of sp³-hybridized carbons (Fsp3) is 0.462.